The van der Waals surface area contributed by atoms with E-state index in [4.69, 9.17) is 0 Å². The van der Waals surface area contributed by atoms with E-state index in [1.807, 2.05) is 0 Å². The summed E-state index contributed by atoms with van der Waals surface area (Å²) in [6.45, 7) is 14.5. The first-order valence-electron chi connectivity index (χ1n) is 7.80. The zero-order chi connectivity index (χ0) is 15.4. The minimum absolute atomic E-state index is 0.187. The second kappa shape index (κ2) is 7.41. The molecule has 0 aliphatic heterocycles. The van der Waals surface area contributed by atoms with Crippen LogP contribution in [0.2, 0.25) is 0 Å². The van der Waals surface area contributed by atoms with Crippen LogP contribution >= 0.6 is 23.9 Å². The van der Waals surface area contributed by atoms with Crippen molar-refractivity contribution in [1.82, 2.24) is 0 Å². The summed E-state index contributed by atoms with van der Waals surface area (Å²) >= 11 is 3.56. The standard InChI is InChI=1S/C18H30BrP/c1-7-13-17(3,4)20(18(5,6)14-8-2)16-11-9-15(19)10-12-16/h9-12H,7-8,13-14H2,1-6H3. The Morgan fingerprint density at radius 3 is 1.60 bits per heavy atom. The van der Waals surface area contributed by atoms with E-state index < -0.39 is 0 Å². The van der Waals surface area contributed by atoms with Crippen molar-refractivity contribution in [1.29, 1.82) is 0 Å². The number of halogens is 1. The monoisotopic (exact) mass is 356 g/mol. The lowest BCUT2D eigenvalue weighted by Gasteiger charge is -2.46. The molecule has 1 aromatic carbocycles. The second-order valence-corrected chi connectivity index (χ2v) is 11.5. The molecule has 0 radical (unpaired) electrons. The maximum Gasteiger partial charge on any atom is 0.0175 e. The molecule has 0 fully saturated rings. The van der Waals surface area contributed by atoms with Crippen LogP contribution in [0.25, 0.3) is 0 Å². The van der Waals surface area contributed by atoms with Crippen molar-refractivity contribution in [3.05, 3.63) is 28.7 Å². The zero-order valence-corrected chi connectivity index (χ0v) is 16.4. The van der Waals surface area contributed by atoms with Crippen molar-refractivity contribution in [2.24, 2.45) is 0 Å². The molecule has 0 aromatic heterocycles. The smallest absolute Gasteiger partial charge is 0.0175 e. The van der Waals surface area contributed by atoms with Crippen molar-refractivity contribution < 1.29 is 0 Å². The minimum Gasteiger partial charge on any atom is -0.0653 e. The molecule has 20 heavy (non-hydrogen) atoms. The number of benzene rings is 1. The van der Waals surface area contributed by atoms with Gasteiger partial charge in [-0.3, -0.25) is 0 Å². The van der Waals surface area contributed by atoms with Gasteiger partial charge in [-0.1, -0.05) is 90.4 Å². The van der Waals surface area contributed by atoms with Crippen LogP contribution in [-0.4, -0.2) is 10.3 Å². The van der Waals surface area contributed by atoms with Gasteiger partial charge in [0.15, 0.2) is 0 Å². The molecule has 0 bridgehead atoms. The fraction of sp³-hybridized carbons (Fsp3) is 0.667. The third kappa shape index (κ3) is 4.57. The quantitative estimate of drug-likeness (QED) is 0.476. The summed E-state index contributed by atoms with van der Waals surface area (Å²) in [5.41, 5.74) is 0. The first kappa shape index (κ1) is 18.2. The lowest BCUT2D eigenvalue weighted by Crippen LogP contribution is -2.35. The topological polar surface area (TPSA) is 0 Å². The van der Waals surface area contributed by atoms with Crippen LogP contribution in [0.1, 0.15) is 67.2 Å². The van der Waals surface area contributed by atoms with Crippen molar-refractivity contribution in [3.63, 3.8) is 0 Å². The molecule has 0 heterocycles. The predicted molar refractivity (Wildman–Crippen MR) is 98.7 cm³/mol. The Kier molecular flexibility index (Phi) is 6.74. The average Bonchev–Trinajstić information content (AvgIpc) is 2.31. The molecule has 0 saturated carbocycles. The lowest BCUT2D eigenvalue weighted by molar-refractivity contribution is 0.563. The van der Waals surface area contributed by atoms with Crippen molar-refractivity contribution in [3.8, 4) is 0 Å². The first-order valence-corrected chi connectivity index (χ1v) is 9.94. The Hall–Kier alpha value is 0.130. The molecule has 0 aliphatic rings. The SMILES string of the molecule is CCCC(C)(C)P(c1ccc(Br)cc1)C(C)(C)CCC. The van der Waals surface area contributed by atoms with Gasteiger partial charge < -0.3 is 0 Å². The molecule has 0 nitrogen and oxygen atoms in total. The molecule has 1 rings (SSSR count). The molecule has 1 aromatic rings. The molecular formula is C18H30BrP. The average molecular weight is 357 g/mol. The number of rotatable bonds is 7. The van der Waals surface area contributed by atoms with Gasteiger partial charge in [0.1, 0.15) is 0 Å². The summed E-state index contributed by atoms with van der Waals surface area (Å²) in [5, 5.41) is 2.35. The van der Waals surface area contributed by atoms with Crippen molar-refractivity contribution in [2.75, 3.05) is 0 Å². The van der Waals surface area contributed by atoms with E-state index in [-0.39, 0.29) is 7.92 Å². The fourth-order valence-corrected chi connectivity index (χ4v) is 8.20. The van der Waals surface area contributed by atoms with Crippen LogP contribution in [0.5, 0.6) is 0 Å². The Morgan fingerprint density at radius 2 is 1.25 bits per heavy atom. The summed E-state index contributed by atoms with van der Waals surface area (Å²) in [5.74, 6) is 0. The summed E-state index contributed by atoms with van der Waals surface area (Å²) < 4.78 is 1.18. The van der Waals surface area contributed by atoms with E-state index in [0.717, 1.165) is 0 Å². The Morgan fingerprint density at radius 1 is 0.850 bits per heavy atom. The van der Waals surface area contributed by atoms with E-state index in [0.29, 0.717) is 10.3 Å². The summed E-state index contributed by atoms with van der Waals surface area (Å²) in [4.78, 5) is 0. The van der Waals surface area contributed by atoms with Crippen molar-refractivity contribution >= 4 is 29.2 Å². The highest BCUT2D eigenvalue weighted by Crippen LogP contribution is 2.61. The number of hydrogen-bond donors (Lipinski definition) is 0. The Bertz CT molecular complexity index is 388. The number of hydrogen-bond acceptors (Lipinski definition) is 0. The van der Waals surface area contributed by atoms with Gasteiger partial charge in [0.25, 0.3) is 0 Å². The van der Waals surface area contributed by atoms with Gasteiger partial charge in [-0.15, -0.1) is 0 Å². The van der Waals surface area contributed by atoms with E-state index in [1.165, 1.54) is 30.2 Å². The first-order chi connectivity index (χ1) is 9.24. The molecule has 114 valence electrons. The normalized spacial score (nSPS) is 13.0. The third-order valence-corrected chi connectivity index (χ3v) is 8.23. The van der Waals surface area contributed by atoms with Crippen LogP contribution in [0.4, 0.5) is 0 Å². The van der Waals surface area contributed by atoms with E-state index in [9.17, 15) is 0 Å². The molecule has 0 N–H and O–H groups in total. The molecule has 0 unspecified atom stereocenters. The van der Waals surface area contributed by atoms with Crippen molar-refractivity contribution in [2.45, 2.75) is 77.5 Å². The van der Waals surface area contributed by atoms with Gasteiger partial charge in [0.05, 0.1) is 0 Å². The van der Waals surface area contributed by atoms with Gasteiger partial charge >= 0.3 is 0 Å². The maximum absolute atomic E-state index is 3.56. The van der Waals surface area contributed by atoms with Crippen LogP contribution in [0.3, 0.4) is 0 Å². The molecule has 0 spiro atoms. The van der Waals surface area contributed by atoms with E-state index in [1.54, 1.807) is 5.30 Å². The molecular weight excluding hydrogens is 327 g/mol. The van der Waals surface area contributed by atoms with Gasteiger partial charge in [0.2, 0.25) is 0 Å². The highest BCUT2D eigenvalue weighted by Gasteiger charge is 2.40. The predicted octanol–water partition coefficient (Wildman–Crippen LogP) is 6.71. The van der Waals surface area contributed by atoms with Gasteiger partial charge in [0, 0.05) is 4.47 Å². The highest BCUT2D eigenvalue weighted by molar-refractivity contribution is 9.10. The lowest BCUT2D eigenvalue weighted by atomic mass is 10.1. The van der Waals surface area contributed by atoms with Gasteiger partial charge in [-0.25, -0.2) is 0 Å². The van der Waals surface area contributed by atoms with E-state index >= 15 is 0 Å². The highest BCUT2D eigenvalue weighted by atomic mass is 79.9. The Labute approximate surface area is 135 Å². The summed E-state index contributed by atoms with van der Waals surface area (Å²) in [7, 11) is -0.187. The van der Waals surface area contributed by atoms with E-state index in [2.05, 4.69) is 81.7 Å². The fourth-order valence-electron chi connectivity index (χ4n) is 3.56. The molecule has 0 aliphatic carbocycles. The largest absolute Gasteiger partial charge is 0.0653 e. The minimum atomic E-state index is -0.187. The Balaban J connectivity index is 3.23. The third-order valence-electron chi connectivity index (χ3n) is 4.02. The van der Waals surface area contributed by atoms with Gasteiger partial charge in [-0.05, 0) is 40.6 Å². The maximum atomic E-state index is 3.56. The summed E-state index contributed by atoms with van der Waals surface area (Å²) in [6.07, 6.45) is 5.15. The second-order valence-electron chi connectivity index (χ2n) is 6.94. The summed E-state index contributed by atoms with van der Waals surface area (Å²) in [6, 6.07) is 9.08. The van der Waals surface area contributed by atoms with Crippen LogP contribution in [0.15, 0.2) is 28.7 Å². The van der Waals surface area contributed by atoms with Crippen LogP contribution in [-0.2, 0) is 0 Å². The molecule has 2 heteroatoms. The zero-order valence-electron chi connectivity index (χ0n) is 14.0. The van der Waals surface area contributed by atoms with Crippen LogP contribution in [0, 0.1) is 0 Å². The molecule has 0 atom stereocenters. The van der Waals surface area contributed by atoms with Crippen LogP contribution < -0.4 is 5.30 Å². The van der Waals surface area contributed by atoms with Gasteiger partial charge in [-0.2, -0.15) is 0 Å². The molecule has 0 amide bonds. The molecule has 0 saturated heterocycles.